The molecule has 1 aliphatic carbocycles. The first-order valence-corrected chi connectivity index (χ1v) is 10.8. The van der Waals surface area contributed by atoms with Crippen molar-refractivity contribution in [3.8, 4) is 11.5 Å². The predicted octanol–water partition coefficient (Wildman–Crippen LogP) is 4.80. The average Bonchev–Trinajstić information content (AvgIpc) is 3.22. The fourth-order valence-electron chi connectivity index (χ4n) is 5.38. The lowest BCUT2D eigenvalue weighted by Gasteiger charge is -2.52. The molecule has 152 valence electrons. The molecule has 29 heavy (non-hydrogen) atoms. The van der Waals surface area contributed by atoms with Crippen molar-refractivity contribution in [2.24, 2.45) is 5.92 Å². The molecule has 2 fully saturated rings. The number of hydrogen-bond acceptors (Lipinski definition) is 4. The fourth-order valence-corrected chi connectivity index (χ4v) is 5.38. The second-order valence-corrected chi connectivity index (χ2v) is 8.57. The van der Waals surface area contributed by atoms with E-state index in [1.54, 1.807) is 0 Å². The molecule has 2 aromatic rings. The maximum absolute atomic E-state index is 11.4. The number of hydrogen-bond donors (Lipinski definition) is 1. The molecule has 3 unspecified atom stereocenters. The standard InChI is InChI=1S/C25H29NO3/c27-25-13-5-4-10-21(25)24(20-11-12-22-23(17-20)29-18-28-22)26(16-14-25)15-6-9-19-7-2-1-3-8-19/h1-3,6-9,11-12,17,21,24,27H,4-5,10,13-16,18H2. The van der Waals surface area contributed by atoms with E-state index >= 15 is 0 Å². The van der Waals surface area contributed by atoms with Crippen LogP contribution in [0.4, 0.5) is 0 Å². The van der Waals surface area contributed by atoms with Gasteiger partial charge in [0.15, 0.2) is 11.5 Å². The van der Waals surface area contributed by atoms with Crippen LogP contribution in [0.5, 0.6) is 11.5 Å². The average molecular weight is 392 g/mol. The number of aliphatic hydroxyl groups is 1. The molecule has 1 saturated heterocycles. The summed E-state index contributed by atoms with van der Waals surface area (Å²) < 4.78 is 11.2. The Bertz CT molecular complexity index is 881. The maximum Gasteiger partial charge on any atom is 0.231 e. The van der Waals surface area contributed by atoms with Crippen molar-refractivity contribution in [1.29, 1.82) is 0 Å². The molecule has 3 aliphatic rings. The van der Waals surface area contributed by atoms with Crippen LogP contribution in [0.15, 0.2) is 54.6 Å². The zero-order valence-electron chi connectivity index (χ0n) is 16.8. The van der Waals surface area contributed by atoms with Crippen molar-refractivity contribution in [2.45, 2.75) is 43.7 Å². The third-order valence-electron chi connectivity index (χ3n) is 6.86. The van der Waals surface area contributed by atoms with E-state index in [-0.39, 0.29) is 12.0 Å². The van der Waals surface area contributed by atoms with Gasteiger partial charge >= 0.3 is 0 Å². The number of ether oxygens (including phenoxy) is 2. The number of benzene rings is 2. The van der Waals surface area contributed by atoms with Crippen LogP contribution in [0.25, 0.3) is 6.08 Å². The molecule has 2 heterocycles. The Labute approximate surface area is 172 Å². The van der Waals surface area contributed by atoms with E-state index in [4.69, 9.17) is 9.47 Å². The minimum Gasteiger partial charge on any atom is -0.454 e. The van der Waals surface area contributed by atoms with Crippen LogP contribution in [0, 0.1) is 5.92 Å². The first-order chi connectivity index (χ1) is 14.2. The van der Waals surface area contributed by atoms with E-state index in [9.17, 15) is 5.11 Å². The van der Waals surface area contributed by atoms with Gasteiger partial charge in [-0.2, -0.15) is 0 Å². The van der Waals surface area contributed by atoms with Crippen molar-refractivity contribution in [3.63, 3.8) is 0 Å². The van der Waals surface area contributed by atoms with Gasteiger partial charge < -0.3 is 14.6 Å². The highest BCUT2D eigenvalue weighted by Gasteiger charge is 2.48. The fraction of sp³-hybridized carbons (Fsp3) is 0.440. The minimum atomic E-state index is -0.543. The first-order valence-electron chi connectivity index (χ1n) is 10.8. The maximum atomic E-state index is 11.4. The van der Waals surface area contributed by atoms with Gasteiger partial charge in [-0.15, -0.1) is 0 Å². The topological polar surface area (TPSA) is 41.9 Å². The number of rotatable bonds is 4. The van der Waals surface area contributed by atoms with E-state index in [2.05, 4.69) is 53.5 Å². The van der Waals surface area contributed by atoms with Gasteiger partial charge in [-0.25, -0.2) is 0 Å². The molecule has 1 saturated carbocycles. The van der Waals surface area contributed by atoms with Gasteiger partial charge in [-0.05, 0) is 42.5 Å². The van der Waals surface area contributed by atoms with Crippen LogP contribution >= 0.6 is 0 Å². The van der Waals surface area contributed by atoms with Gasteiger partial charge in [0.05, 0.1) is 5.60 Å². The predicted molar refractivity (Wildman–Crippen MR) is 114 cm³/mol. The Morgan fingerprint density at radius 1 is 1.03 bits per heavy atom. The summed E-state index contributed by atoms with van der Waals surface area (Å²) in [5.74, 6) is 1.90. The summed E-state index contributed by atoms with van der Waals surface area (Å²) in [5, 5.41) is 11.4. The minimum absolute atomic E-state index is 0.198. The molecule has 3 atom stereocenters. The van der Waals surface area contributed by atoms with E-state index in [1.807, 2.05) is 12.1 Å². The van der Waals surface area contributed by atoms with Crippen molar-refractivity contribution in [1.82, 2.24) is 4.90 Å². The zero-order chi connectivity index (χ0) is 19.7. The third kappa shape index (κ3) is 3.67. The van der Waals surface area contributed by atoms with Crippen molar-refractivity contribution in [3.05, 3.63) is 65.7 Å². The van der Waals surface area contributed by atoms with E-state index in [0.717, 1.165) is 50.3 Å². The molecule has 0 spiro atoms. The lowest BCUT2D eigenvalue weighted by molar-refractivity contribution is -0.122. The van der Waals surface area contributed by atoms with E-state index in [1.165, 1.54) is 17.5 Å². The summed E-state index contributed by atoms with van der Waals surface area (Å²) in [6, 6.07) is 16.9. The quantitative estimate of drug-likeness (QED) is 0.813. The van der Waals surface area contributed by atoms with Crippen LogP contribution in [0.2, 0.25) is 0 Å². The van der Waals surface area contributed by atoms with Gasteiger partial charge in [0, 0.05) is 25.0 Å². The molecular weight excluding hydrogens is 362 g/mol. The summed E-state index contributed by atoms with van der Waals surface area (Å²) in [5.41, 5.74) is 1.91. The Balaban J connectivity index is 1.43. The number of nitrogens with zero attached hydrogens (tertiary/aromatic N) is 1. The Morgan fingerprint density at radius 3 is 2.79 bits per heavy atom. The smallest absolute Gasteiger partial charge is 0.231 e. The SMILES string of the molecule is OC12CCCCC1C(c1ccc3c(c1)OCO3)N(CC=Cc1ccccc1)CC2. The summed E-state index contributed by atoms with van der Waals surface area (Å²) in [6.07, 6.45) is 9.64. The van der Waals surface area contributed by atoms with Crippen molar-refractivity contribution in [2.75, 3.05) is 19.9 Å². The highest BCUT2D eigenvalue weighted by Crippen LogP contribution is 2.50. The molecular formula is C25H29NO3. The lowest BCUT2D eigenvalue weighted by atomic mass is 9.66. The second-order valence-electron chi connectivity index (χ2n) is 8.57. The van der Waals surface area contributed by atoms with E-state index < -0.39 is 5.60 Å². The Hall–Kier alpha value is -2.30. The summed E-state index contributed by atoms with van der Waals surface area (Å²) in [6.45, 7) is 2.08. The van der Waals surface area contributed by atoms with Crippen molar-refractivity contribution < 1.29 is 14.6 Å². The molecule has 2 aliphatic heterocycles. The van der Waals surface area contributed by atoms with Crippen molar-refractivity contribution >= 4 is 6.08 Å². The van der Waals surface area contributed by atoms with Crippen LogP contribution < -0.4 is 9.47 Å². The Morgan fingerprint density at radius 2 is 1.90 bits per heavy atom. The molecule has 0 aromatic heterocycles. The molecule has 0 bridgehead atoms. The lowest BCUT2D eigenvalue weighted by Crippen LogP contribution is -2.54. The first kappa shape index (κ1) is 18.7. The van der Waals surface area contributed by atoms with Crippen LogP contribution in [0.3, 0.4) is 0 Å². The highest BCUT2D eigenvalue weighted by molar-refractivity contribution is 5.49. The summed E-state index contributed by atoms with van der Waals surface area (Å²) in [4.78, 5) is 2.53. The van der Waals surface area contributed by atoms with E-state index in [0.29, 0.717) is 6.79 Å². The van der Waals surface area contributed by atoms with Crippen LogP contribution in [0.1, 0.15) is 49.3 Å². The molecule has 1 N–H and O–H groups in total. The second kappa shape index (κ2) is 7.85. The van der Waals surface area contributed by atoms with Gasteiger partial charge in [-0.1, -0.05) is 61.4 Å². The van der Waals surface area contributed by atoms with Gasteiger partial charge in [-0.3, -0.25) is 4.90 Å². The molecule has 4 heteroatoms. The molecule has 4 nitrogen and oxygen atoms in total. The molecule has 0 radical (unpaired) electrons. The van der Waals surface area contributed by atoms with Crippen LogP contribution in [-0.4, -0.2) is 35.5 Å². The Kier molecular flexibility index (Phi) is 5.06. The normalized spacial score (nSPS) is 29.1. The summed E-state index contributed by atoms with van der Waals surface area (Å²) in [7, 11) is 0. The molecule has 2 aromatic carbocycles. The summed E-state index contributed by atoms with van der Waals surface area (Å²) >= 11 is 0. The molecule has 0 amide bonds. The molecule has 5 rings (SSSR count). The van der Waals surface area contributed by atoms with Gasteiger partial charge in [0.25, 0.3) is 0 Å². The highest BCUT2D eigenvalue weighted by atomic mass is 16.7. The van der Waals surface area contributed by atoms with Gasteiger partial charge in [0.1, 0.15) is 0 Å². The third-order valence-corrected chi connectivity index (χ3v) is 6.86. The monoisotopic (exact) mass is 391 g/mol. The van der Waals surface area contributed by atoms with Gasteiger partial charge in [0.2, 0.25) is 6.79 Å². The number of piperidine rings is 1. The zero-order valence-corrected chi connectivity index (χ0v) is 16.8. The number of fused-ring (bicyclic) bond motifs is 2. The van der Waals surface area contributed by atoms with Crippen LogP contribution in [-0.2, 0) is 0 Å². The largest absolute Gasteiger partial charge is 0.454 e. The number of likely N-dealkylation sites (tertiary alicyclic amines) is 1.